The van der Waals surface area contributed by atoms with E-state index in [1.807, 2.05) is 0 Å². The molecule has 91 heavy (non-hydrogen) atoms. The number of nitrogens with two attached hydrogens (primary N) is 1. The van der Waals surface area contributed by atoms with Gasteiger partial charge < -0.3 is 30.8 Å². The SMILES string of the molecule is C.C=C1CC2CCCC(C1)N2Cc1ccccc1.CC(=O)CC(=O)O.CC1CC2CCCC(C1)N2Cc1ccccc1.CC1CC2CCCC(C1)N2O.NC1CC2CCCC(C1)N2O.O=C1CC2CCCC(C1)N2Cc1ccccc1.O=C=O.O=CCCCC=O. The van der Waals surface area contributed by atoms with Crippen molar-refractivity contribution >= 4 is 36.3 Å². The van der Waals surface area contributed by atoms with Crippen LogP contribution in [0.1, 0.15) is 231 Å². The van der Waals surface area contributed by atoms with Gasteiger partial charge in [-0.15, -0.1) is 0 Å². The average Bonchev–Trinajstić information content (AvgIpc) is 1.24. The van der Waals surface area contributed by atoms with Gasteiger partial charge in [0.05, 0.1) is 0 Å². The summed E-state index contributed by atoms with van der Waals surface area (Å²) in [5, 5.41) is 30.3. The highest BCUT2D eigenvalue weighted by Crippen LogP contribution is 2.40. The molecular formula is C75H114N6O10. The van der Waals surface area contributed by atoms with Gasteiger partial charge in [0.2, 0.25) is 0 Å². The Morgan fingerprint density at radius 1 is 0.516 bits per heavy atom. The quantitative estimate of drug-likeness (QED) is 0.0573. The fourth-order valence-electron chi connectivity index (χ4n) is 16.1. The number of Topliss-reactive ketones (excluding diaryl/α,β-unsaturated/α-hetero) is 2. The van der Waals surface area contributed by atoms with Gasteiger partial charge >= 0.3 is 12.1 Å². The van der Waals surface area contributed by atoms with Crippen LogP contribution in [0.15, 0.2) is 103 Å². The Morgan fingerprint density at radius 3 is 1.11 bits per heavy atom. The van der Waals surface area contributed by atoms with E-state index in [1.54, 1.807) is 10.1 Å². The number of hydrogen-bond acceptors (Lipinski definition) is 15. The lowest BCUT2D eigenvalue weighted by Gasteiger charge is -2.48. The molecule has 16 nitrogen and oxygen atoms in total. The van der Waals surface area contributed by atoms with E-state index in [2.05, 4.69) is 126 Å². The lowest BCUT2D eigenvalue weighted by Crippen LogP contribution is -2.53. The van der Waals surface area contributed by atoms with Crippen molar-refractivity contribution in [3.63, 3.8) is 0 Å². The van der Waals surface area contributed by atoms with E-state index < -0.39 is 5.97 Å². The largest absolute Gasteiger partial charge is 0.481 e. The van der Waals surface area contributed by atoms with Crippen LogP contribution in [0.2, 0.25) is 0 Å². The Kier molecular flexibility index (Phi) is 34.7. The fraction of sp³-hybridized carbons (Fsp3) is 0.653. The molecule has 3 aromatic rings. The van der Waals surface area contributed by atoms with E-state index in [0.29, 0.717) is 67.3 Å². The van der Waals surface area contributed by atoms with Crippen LogP contribution in [0, 0.1) is 11.8 Å². The number of carbonyl (C=O) groups is 5. The zero-order chi connectivity index (χ0) is 64.8. The van der Waals surface area contributed by atoms with Crippen molar-refractivity contribution in [3.8, 4) is 0 Å². The first-order chi connectivity index (χ1) is 43.5. The second-order valence-electron chi connectivity index (χ2n) is 27.5. The summed E-state index contributed by atoms with van der Waals surface area (Å²) >= 11 is 0. The van der Waals surface area contributed by atoms with Crippen LogP contribution in [-0.2, 0) is 53.2 Å². The highest BCUT2D eigenvalue weighted by molar-refractivity contribution is 5.93. The first-order valence-electron chi connectivity index (χ1n) is 34.3. The molecule has 10 aliphatic heterocycles. The summed E-state index contributed by atoms with van der Waals surface area (Å²) in [6.45, 7) is 13.5. The summed E-state index contributed by atoms with van der Waals surface area (Å²) in [5.41, 5.74) is 11.6. The summed E-state index contributed by atoms with van der Waals surface area (Å²) in [7, 11) is 0. The van der Waals surface area contributed by atoms with Gasteiger partial charge in [-0.2, -0.15) is 19.7 Å². The van der Waals surface area contributed by atoms with E-state index in [1.165, 1.54) is 158 Å². The highest BCUT2D eigenvalue weighted by atomic mass is 16.5. The molecular weight excluding hydrogens is 1140 g/mol. The Labute approximate surface area is 545 Å². The molecule has 10 fully saturated rings. The molecule has 0 aliphatic carbocycles. The molecule has 13 rings (SSSR count). The molecule has 0 radical (unpaired) electrons. The Balaban J connectivity index is 0.000000196. The summed E-state index contributed by atoms with van der Waals surface area (Å²) < 4.78 is 0. The van der Waals surface area contributed by atoms with Crippen LogP contribution in [0.4, 0.5) is 0 Å². The maximum Gasteiger partial charge on any atom is 0.373 e. The maximum absolute atomic E-state index is 11.6. The van der Waals surface area contributed by atoms with Gasteiger partial charge in [0.25, 0.3) is 0 Å². The Bertz CT molecular complexity index is 2420. The number of nitrogens with zero attached hydrogens (tertiary/aromatic N) is 5. The topological polar surface area (TPSA) is 222 Å². The summed E-state index contributed by atoms with van der Waals surface area (Å²) in [6, 6.07) is 38.8. The van der Waals surface area contributed by atoms with Gasteiger partial charge in [0.1, 0.15) is 30.6 Å². The van der Waals surface area contributed by atoms with Crippen LogP contribution in [0.25, 0.3) is 0 Å². The van der Waals surface area contributed by atoms with Gasteiger partial charge in [-0.3, -0.25) is 29.1 Å². The van der Waals surface area contributed by atoms with Crippen molar-refractivity contribution in [1.29, 1.82) is 0 Å². The molecule has 10 unspecified atom stereocenters. The number of aldehydes is 2. The summed E-state index contributed by atoms with van der Waals surface area (Å²) in [5.74, 6) is 0.870. The molecule has 504 valence electrons. The molecule has 0 spiro atoms. The molecule has 10 atom stereocenters. The maximum atomic E-state index is 11.6. The minimum absolute atomic E-state index is 0. The number of hydrogen-bond donors (Lipinski definition) is 4. The average molecular weight is 1260 g/mol. The third-order valence-electron chi connectivity index (χ3n) is 20.2. The third kappa shape index (κ3) is 26.1. The number of fused-ring (bicyclic) bond motifs is 10. The van der Waals surface area contributed by atoms with Gasteiger partial charge in [0.15, 0.2) is 0 Å². The van der Waals surface area contributed by atoms with E-state index in [9.17, 15) is 34.4 Å². The second-order valence-corrected chi connectivity index (χ2v) is 27.5. The molecule has 5 N–H and O–H groups in total. The zero-order valence-electron chi connectivity index (χ0n) is 54.7. The number of carboxylic acids is 1. The van der Waals surface area contributed by atoms with E-state index >= 15 is 0 Å². The number of unbranched alkanes of at least 4 members (excludes halogenated alkanes) is 2. The normalized spacial score (nSPS) is 29.6. The zero-order valence-corrected chi connectivity index (χ0v) is 54.7. The number of ketones is 2. The van der Waals surface area contributed by atoms with Crippen LogP contribution in [0.5, 0.6) is 0 Å². The molecule has 10 heterocycles. The molecule has 3 aromatic carbocycles. The molecule has 10 saturated heterocycles. The molecule has 0 aromatic heterocycles. The number of rotatable bonds is 12. The van der Waals surface area contributed by atoms with Gasteiger partial charge in [-0.05, 0) is 157 Å². The molecule has 16 heteroatoms. The predicted molar refractivity (Wildman–Crippen MR) is 358 cm³/mol. The fourth-order valence-corrected chi connectivity index (χ4v) is 16.1. The van der Waals surface area contributed by atoms with Crippen molar-refractivity contribution in [3.05, 3.63) is 120 Å². The van der Waals surface area contributed by atoms with Crippen molar-refractivity contribution in [2.45, 2.75) is 300 Å². The van der Waals surface area contributed by atoms with E-state index in [-0.39, 0.29) is 25.8 Å². The third-order valence-corrected chi connectivity index (χ3v) is 20.2. The number of hydroxylamine groups is 4. The first-order valence-corrected chi connectivity index (χ1v) is 34.3. The summed E-state index contributed by atoms with van der Waals surface area (Å²) in [6.07, 6.45) is 33.9. The van der Waals surface area contributed by atoms with Gasteiger partial charge in [0, 0.05) is 112 Å². The minimum atomic E-state index is -1.06. The highest BCUT2D eigenvalue weighted by Gasteiger charge is 2.40. The molecule has 0 amide bonds. The summed E-state index contributed by atoms with van der Waals surface area (Å²) in [4.78, 5) is 74.6. The Hall–Kier alpha value is -5.39. The van der Waals surface area contributed by atoms with Crippen LogP contribution in [0.3, 0.4) is 0 Å². The van der Waals surface area contributed by atoms with Crippen molar-refractivity contribution in [2.24, 2.45) is 17.6 Å². The van der Waals surface area contributed by atoms with E-state index in [4.69, 9.17) is 20.4 Å². The van der Waals surface area contributed by atoms with Crippen LogP contribution in [-0.4, -0.2) is 143 Å². The van der Waals surface area contributed by atoms with Crippen LogP contribution >= 0.6 is 0 Å². The number of carbonyl (C=O) groups excluding carboxylic acids is 6. The number of benzene rings is 3. The van der Waals surface area contributed by atoms with Gasteiger partial charge in [-0.25, -0.2) is 0 Å². The minimum Gasteiger partial charge on any atom is -0.481 e. The second kappa shape index (κ2) is 41.3. The molecule has 10 bridgehead atoms. The number of piperidine rings is 10. The first kappa shape index (κ1) is 76.3. The molecule has 0 saturated carbocycles. The smallest absolute Gasteiger partial charge is 0.373 e. The number of carboxylic acid groups (broad SMARTS) is 1. The lowest BCUT2D eigenvalue weighted by molar-refractivity contribution is -0.201. The van der Waals surface area contributed by atoms with Gasteiger partial charge in [-0.1, -0.05) is 157 Å². The van der Waals surface area contributed by atoms with Crippen LogP contribution < -0.4 is 5.73 Å². The van der Waals surface area contributed by atoms with Crippen molar-refractivity contribution in [1.82, 2.24) is 24.8 Å². The monoisotopic (exact) mass is 1260 g/mol. The lowest BCUT2D eigenvalue weighted by atomic mass is 9.79. The standard InChI is InChI=1S/C16H23N.C16H21N.C15H19NO.C9H17NO.C8H16N2O.C5H8O2.C4H6O3.CO2.CH4/c2*1-13-10-15-8-5-9-16(11-13)17(15)12-14-6-3-2-4-7-14;17-15-9-13-7-4-8-14(10-15)16(13)11-12-5-2-1-3-6-12;1-7-5-8-3-2-4-9(6-7)10(8)11;9-6-4-7-2-1-3-8(5-6)10(7)11;6-4-2-1-3-5-7;1-3(5)2-4(6)7;2-1-3;/h2-4,6-7,13,15-16H,5,8-12H2,1H3;2-4,6-7,15-16H,1,5,8-12H2;1-3,5-6,13-14H,4,7-11H2;7-9,11H,2-6H2,1H3;6-8,11H,1-5,9H2;4-5H,1-3H2;2H2,1H3,(H,6,7);;1H4. The van der Waals surface area contributed by atoms with E-state index in [0.717, 1.165) is 100 Å². The van der Waals surface area contributed by atoms with Crippen molar-refractivity contribution < 1.29 is 49.1 Å². The predicted octanol–water partition coefficient (Wildman–Crippen LogP) is 13.8. The molecule has 10 aliphatic rings. The number of aliphatic carboxylic acids is 1. The van der Waals surface area contributed by atoms with Crippen molar-refractivity contribution in [2.75, 3.05) is 0 Å². The Morgan fingerprint density at radius 2 is 0.802 bits per heavy atom.